The zero-order valence-electron chi connectivity index (χ0n) is 23.9. The molecule has 0 radical (unpaired) electrons. The number of nitrogens with one attached hydrogen (secondary N) is 2. The van der Waals surface area contributed by atoms with Crippen molar-refractivity contribution in [3.05, 3.63) is 81.6 Å². The molecule has 0 atom stereocenters. The van der Waals surface area contributed by atoms with Crippen molar-refractivity contribution in [2.75, 3.05) is 5.32 Å². The Labute approximate surface area is 249 Å². The minimum Gasteiger partial charge on any atom is -0.478 e. The van der Waals surface area contributed by atoms with Crippen molar-refractivity contribution < 1.29 is 19.5 Å². The second kappa shape index (κ2) is 11.2. The van der Waals surface area contributed by atoms with E-state index in [-0.39, 0.29) is 17.4 Å². The number of aromatic nitrogens is 1. The molecule has 2 aliphatic carbocycles. The van der Waals surface area contributed by atoms with Crippen LogP contribution in [0, 0.1) is 0 Å². The smallest absolute Gasteiger partial charge is 0.331 e. The van der Waals surface area contributed by atoms with E-state index in [4.69, 9.17) is 5.11 Å². The molecule has 7 nitrogen and oxygen atoms in total. The lowest BCUT2D eigenvalue weighted by atomic mass is 9.75. The molecular weight excluding hydrogens is 546 g/mol. The number of rotatable bonds is 8. The Bertz CT molecular complexity index is 1690. The first-order valence-electron chi connectivity index (χ1n) is 14.6. The molecule has 2 aliphatic rings. The van der Waals surface area contributed by atoms with Gasteiger partial charge >= 0.3 is 5.97 Å². The SMILES string of the molecule is C/C(=C\c1ccc(NC(=O)C2(NC(=O)c3ccc4c(C5CCCC5)c(-c5ccsc5)n(C)c4c3)CCC2)cc1)C(=O)O. The number of hydrogen-bond donors (Lipinski definition) is 3. The van der Waals surface area contributed by atoms with Gasteiger partial charge in [0, 0.05) is 45.7 Å². The summed E-state index contributed by atoms with van der Waals surface area (Å²) in [7, 11) is 2.08. The molecule has 0 spiro atoms. The maximum absolute atomic E-state index is 13.6. The van der Waals surface area contributed by atoms with Gasteiger partial charge in [0.05, 0.1) is 5.69 Å². The number of anilines is 1. The Hall–Kier alpha value is -4.17. The van der Waals surface area contributed by atoms with Crippen LogP contribution in [0.5, 0.6) is 0 Å². The zero-order valence-corrected chi connectivity index (χ0v) is 24.7. The molecular formula is C34H35N3O4S. The minimum absolute atomic E-state index is 0.230. The second-order valence-electron chi connectivity index (χ2n) is 11.6. The standard InChI is InChI=1S/C34H35N3O4S/c1-21(32(39)40)18-22-8-11-26(12-9-22)35-33(41)34(15-5-16-34)36-31(38)24-10-13-27-28(19-24)37(2)30(25-14-17-42-20-25)29(27)23-6-3-4-7-23/h8-14,17-20,23H,3-7,15-16H2,1-2H3,(H,35,41)(H,36,38)(H,39,40)/b21-18+. The number of benzene rings is 2. The molecule has 2 amide bonds. The molecule has 2 heterocycles. The molecule has 2 aromatic carbocycles. The summed E-state index contributed by atoms with van der Waals surface area (Å²) in [6.07, 6.45) is 8.46. The molecule has 2 aromatic heterocycles. The number of aliphatic carboxylic acids is 1. The van der Waals surface area contributed by atoms with Gasteiger partial charge in [0.25, 0.3) is 5.91 Å². The topological polar surface area (TPSA) is 100 Å². The Morgan fingerprint density at radius 1 is 1.02 bits per heavy atom. The number of aryl methyl sites for hydroxylation is 1. The lowest BCUT2D eigenvalue weighted by molar-refractivity contribution is -0.132. The molecule has 0 aliphatic heterocycles. The van der Waals surface area contributed by atoms with E-state index in [1.165, 1.54) is 54.8 Å². The Kier molecular flexibility index (Phi) is 7.49. The van der Waals surface area contributed by atoms with E-state index in [0.29, 0.717) is 30.0 Å². The van der Waals surface area contributed by atoms with Crippen LogP contribution in [0.25, 0.3) is 28.2 Å². The van der Waals surface area contributed by atoms with Gasteiger partial charge in [-0.2, -0.15) is 11.3 Å². The summed E-state index contributed by atoms with van der Waals surface area (Å²) in [5.41, 5.74) is 6.02. The molecule has 4 aromatic rings. The lowest BCUT2D eigenvalue weighted by Crippen LogP contribution is -2.61. The maximum Gasteiger partial charge on any atom is 0.331 e. The number of nitrogens with zero attached hydrogens (tertiary/aromatic N) is 1. The summed E-state index contributed by atoms with van der Waals surface area (Å²) >= 11 is 1.70. The second-order valence-corrected chi connectivity index (χ2v) is 12.4. The third kappa shape index (κ3) is 5.15. The molecule has 42 heavy (non-hydrogen) atoms. The van der Waals surface area contributed by atoms with E-state index in [9.17, 15) is 14.4 Å². The first-order valence-corrected chi connectivity index (χ1v) is 15.5. The summed E-state index contributed by atoms with van der Waals surface area (Å²) in [5, 5.41) is 20.6. The van der Waals surface area contributed by atoms with Crippen LogP contribution in [0.15, 0.2) is 64.9 Å². The van der Waals surface area contributed by atoms with Crippen LogP contribution in [0.4, 0.5) is 5.69 Å². The van der Waals surface area contributed by atoms with Crippen LogP contribution < -0.4 is 10.6 Å². The highest BCUT2D eigenvalue weighted by atomic mass is 32.1. The van der Waals surface area contributed by atoms with Gasteiger partial charge in [0.2, 0.25) is 5.91 Å². The fourth-order valence-corrected chi connectivity index (χ4v) is 7.08. The van der Waals surface area contributed by atoms with E-state index >= 15 is 0 Å². The number of carbonyl (C=O) groups excluding carboxylic acids is 2. The third-order valence-corrected chi connectivity index (χ3v) is 9.63. The Morgan fingerprint density at radius 2 is 1.76 bits per heavy atom. The lowest BCUT2D eigenvalue weighted by Gasteiger charge is -2.40. The summed E-state index contributed by atoms with van der Waals surface area (Å²) in [6.45, 7) is 1.54. The first kappa shape index (κ1) is 28.0. The van der Waals surface area contributed by atoms with E-state index < -0.39 is 11.5 Å². The summed E-state index contributed by atoms with van der Waals surface area (Å²) in [4.78, 5) is 38.1. The van der Waals surface area contributed by atoms with Gasteiger partial charge in [0.15, 0.2) is 0 Å². The van der Waals surface area contributed by atoms with Crippen molar-refractivity contribution in [1.82, 2.24) is 9.88 Å². The molecule has 3 N–H and O–H groups in total. The van der Waals surface area contributed by atoms with Gasteiger partial charge in [-0.15, -0.1) is 0 Å². The van der Waals surface area contributed by atoms with Crippen molar-refractivity contribution in [1.29, 1.82) is 0 Å². The average molecular weight is 582 g/mol. The number of hydrogen-bond acceptors (Lipinski definition) is 4. The third-order valence-electron chi connectivity index (χ3n) is 8.94. The summed E-state index contributed by atoms with van der Waals surface area (Å²) in [6, 6.07) is 15.1. The van der Waals surface area contributed by atoms with Gasteiger partial charge in [-0.1, -0.05) is 31.0 Å². The Morgan fingerprint density at radius 3 is 2.38 bits per heavy atom. The zero-order chi connectivity index (χ0) is 29.4. The number of carboxylic acid groups (broad SMARTS) is 1. The Balaban J connectivity index is 1.23. The van der Waals surface area contributed by atoms with Crippen molar-refractivity contribution in [2.45, 2.75) is 63.3 Å². The van der Waals surface area contributed by atoms with Crippen LogP contribution in [0.2, 0.25) is 0 Å². The predicted molar refractivity (Wildman–Crippen MR) is 168 cm³/mol. The molecule has 0 unspecified atom stereocenters. The number of amides is 2. The van der Waals surface area contributed by atoms with Crippen molar-refractivity contribution >= 4 is 51.8 Å². The number of carbonyl (C=O) groups is 3. The summed E-state index contributed by atoms with van der Waals surface area (Å²) in [5.74, 6) is -0.942. The predicted octanol–water partition coefficient (Wildman–Crippen LogP) is 7.34. The van der Waals surface area contributed by atoms with E-state index in [2.05, 4.69) is 45.1 Å². The normalized spacial score (nSPS) is 16.8. The molecule has 0 bridgehead atoms. The molecule has 2 saturated carbocycles. The molecule has 0 saturated heterocycles. The molecule has 2 fully saturated rings. The van der Waals surface area contributed by atoms with Gasteiger partial charge in [-0.25, -0.2) is 4.79 Å². The van der Waals surface area contributed by atoms with Crippen molar-refractivity contribution in [3.8, 4) is 11.3 Å². The number of fused-ring (bicyclic) bond motifs is 1. The summed E-state index contributed by atoms with van der Waals surface area (Å²) < 4.78 is 2.23. The monoisotopic (exact) mass is 581 g/mol. The molecule has 6 rings (SSSR count). The maximum atomic E-state index is 13.6. The van der Waals surface area contributed by atoms with Gasteiger partial charge < -0.3 is 20.3 Å². The van der Waals surface area contributed by atoms with Crippen LogP contribution in [-0.4, -0.2) is 33.0 Å². The minimum atomic E-state index is -0.974. The van der Waals surface area contributed by atoms with Gasteiger partial charge in [-0.05, 0) is 97.9 Å². The van der Waals surface area contributed by atoms with Crippen LogP contribution in [-0.2, 0) is 16.6 Å². The highest BCUT2D eigenvalue weighted by Crippen LogP contribution is 2.45. The first-order chi connectivity index (χ1) is 20.3. The molecule has 8 heteroatoms. The highest BCUT2D eigenvalue weighted by molar-refractivity contribution is 7.08. The van der Waals surface area contributed by atoms with E-state index in [1.54, 1.807) is 41.7 Å². The van der Waals surface area contributed by atoms with Crippen molar-refractivity contribution in [2.24, 2.45) is 7.05 Å². The highest BCUT2D eigenvalue weighted by Gasteiger charge is 2.45. The largest absolute Gasteiger partial charge is 0.478 e. The number of carboxylic acids is 1. The quantitative estimate of drug-likeness (QED) is 0.190. The van der Waals surface area contributed by atoms with Crippen LogP contribution >= 0.6 is 11.3 Å². The van der Waals surface area contributed by atoms with E-state index in [0.717, 1.165) is 17.5 Å². The average Bonchev–Trinajstić information content (AvgIpc) is 3.73. The fraction of sp³-hybridized carbons (Fsp3) is 0.324. The van der Waals surface area contributed by atoms with Crippen LogP contribution in [0.3, 0.4) is 0 Å². The molecule has 216 valence electrons. The van der Waals surface area contributed by atoms with Crippen molar-refractivity contribution in [3.63, 3.8) is 0 Å². The van der Waals surface area contributed by atoms with E-state index in [1.807, 2.05) is 12.1 Å². The van der Waals surface area contributed by atoms with Gasteiger partial charge in [0.1, 0.15) is 5.54 Å². The number of thiophene rings is 1. The van der Waals surface area contributed by atoms with Gasteiger partial charge in [-0.3, -0.25) is 9.59 Å². The fourth-order valence-electron chi connectivity index (χ4n) is 6.44. The van der Waals surface area contributed by atoms with Crippen LogP contribution in [0.1, 0.15) is 79.3 Å².